The molecule has 1 heterocycles. The fourth-order valence-electron chi connectivity index (χ4n) is 2.69. The summed E-state index contributed by atoms with van der Waals surface area (Å²) in [5, 5.41) is 12.5. The van der Waals surface area contributed by atoms with E-state index in [2.05, 4.69) is 26.1 Å². The zero-order valence-corrected chi connectivity index (χ0v) is 12.2. The first-order valence-electron chi connectivity index (χ1n) is 6.67. The minimum absolute atomic E-state index is 0.302. The Bertz CT molecular complexity index is 502. The fourth-order valence-corrected chi connectivity index (χ4v) is 3.24. The molecule has 0 aromatic heterocycles. The van der Waals surface area contributed by atoms with Crippen LogP contribution in [0.25, 0.3) is 0 Å². The minimum atomic E-state index is -0.904. The van der Waals surface area contributed by atoms with Crippen LogP contribution >= 0.6 is 15.9 Å². The van der Waals surface area contributed by atoms with Crippen LogP contribution in [0.2, 0.25) is 0 Å². The van der Waals surface area contributed by atoms with Gasteiger partial charge in [-0.1, -0.05) is 0 Å². The highest BCUT2D eigenvalue weighted by atomic mass is 79.9. The van der Waals surface area contributed by atoms with Gasteiger partial charge in [-0.05, 0) is 53.4 Å². The van der Waals surface area contributed by atoms with Crippen LogP contribution in [0.5, 0.6) is 0 Å². The van der Waals surface area contributed by atoms with Gasteiger partial charge in [0, 0.05) is 35.3 Å². The smallest absolute Gasteiger partial charge is 0.336 e. The average molecular weight is 325 g/mol. The van der Waals surface area contributed by atoms with Gasteiger partial charge in [-0.15, -0.1) is 0 Å². The lowest BCUT2D eigenvalue weighted by molar-refractivity contribution is 0.0696. The van der Waals surface area contributed by atoms with Gasteiger partial charge in [0.15, 0.2) is 0 Å². The molecule has 0 bridgehead atoms. The third-order valence-corrected chi connectivity index (χ3v) is 4.51. The quantitative estimate of drug-likeness (QED) is 0.894. The molecular weight excluding hydrogens is 308 g/mol. The average Bonchev–Trinajstić information content (AvgIpc) is 3.10. The third-order valence-electron chi connectivity index (χ3n) is 3.85. The number of hydrogen-bond donors (Lipinski definition) is 2. The van der Waals surface area contributed by atoms with Crippen LogP contribution in [-0.4, -0.2) is 41.1 Å². The zero-order valence-electron chi connectivity index (χ0n) is 10.6. The van der Waals surface area contributed by atoms with Gasteiger partial charge >= 0.3 is 5.97 Å². The molecule has 0 radical (unpaired) electrons. The number of rotatable bonds is 4. The molecular formula is C14H17BrN2O2. The van der Waals surface area contributed by atoms with Crippen LogP contribution in [0.15, 0.2) is 22.7 Å². The zero-order chi connectivity index (χ0) is 13.4. The molecule has 1 atom stereocenters. The molecule has 19 heavy (non-hydrogen) atoms. The molecule has 1 aliphatic heterocycles. The standard InChI is InChI=1S/C14H17BrN2O2/c15-13-7-9(1-4-12(13)14(18)19)16-10-5-6-17(8-10)11-2-3-11/h1,4,7,10-11,16H,2-3,5-6,8H2,(H,18,19). The molecule has 1 saturated heterocycles. The highest BCUT2D eigenvalue weighted by Gasteiger charge is 2.34. The predicted octanol–water partition coefficient (Wildman–Crippen LogP) is 2.80. The summed E-state index contributed by atoms with van der Waals surface area (Å²) >= 11 is 3.31. The van der Waals surface area contributed by atoms with Crippen LogP contribution in [0.4, 0.5) is 5.69 Å². The Labute approximate surface area is 120 Å². The number of anilines is 1. The Morgan fingerprint density at radius 1 is 1.37 bits per heavy atom. The Balaban J connectivity index is 1.63. The molecule has 2 aliphatic rings. The molecule has 1 aromatic rings. The summed E-state index contributed by atoms with van der Waals surface area (Å²) in [5.41, 5.74) is 1.29. The van der Waals surface area contributed by atoms with Crippen LogP contribution < -0.4 is 5.32 Å². The molecule has 2 N–H and O–H groups in total. The van der Waals surface area contributed by atoms with E-state index in [0.717, 1.165) is 24.7 Å². The fraction of sp³-hybridized carbons (Fsp3) is 0.500. The lowest BCUT2D eigenvalue weighted by atomic mass is 10.2. The van der Waals surface area contributed by atoms with Crippen molar-refractivity contribution in [3.8, 4) is 0 Å². The van der Waals surface area contributed by atoms with Gasteiger partial charge < -0.3 is 10.4 Å². The van der Waals surface area contributed by atoms with Crippen LogP contribution in [-0.2, 0) is 0 Å². The second kappa shape index (κ2) is 5.13. The van der Waals surface area contributed by atoms with Crippen molar-refractivity contribution >= 4 is 27.6 Å². The highest BCUT2D eigenvalue weighted by molar-refractivity contribution is 9.10. The second-order valence-electron chi connectivity index (χ2n) is 5.36. The molecule has 3 rings (SSSR count). The maximum absolute atomic E-state index is 10.9. The minimum Gasteiger partial charge on any atom is -0.478 e. The Morgan fingerprint density at radius 3 is 2.79 bits per heavy atom. The number of hydrogen-bond acceptors (Lipinski definition) is 3. The number of benzene rings is 1. The van der Waals surface area contributed by atoms with E-state index >= 15 is 0 Å². The molecule has 2 fully saturated rings. The van der Waals surface area contributed by atoms with E-state index < -0.39 is 5.97 Å². The molecule has 4 nitrogen and oxygen atoms in total. The van der Waals surface area contributed by atoms with E-state index in [4.69, 9.17) is 5.11 Å². The summed E-state index contributed by atoms with van der Waals surface area (Å²) < 4.78 is 0.627. The third kappa shape index (κ3) is 2.92. The summed E-state index contributed by atoms with van der Waals surface area (Å²) in [6, 6.07) is 6.63. The van der Waals surface area contributed by atoms with Gasteiger partial charge in [-0.25, -0.2) is 4.79 Å². The summed E-state index contributed by atoms with van der Waals surface area (Å²) in [5.74, 6) is -0.904. The van der Waals surface area contributed by atoms with Crippen molar-refractivity contribution in [3.05, 3.63) is 28.2 Å². The molecule has 102 valence electrons. The first-order chi connectivity index (χ1) is 9.13. The van der Waals surface area contributed by atoms with Crippen molar-refractivity contribution in [2.45, 2.75) is 31.3 Å². The van der Waals surface area contributed by atoms with Crippen LogP contribution in [0.1, 0.15) is 29.6 Å². The van der Waals surface area contributed by atoms with Crippen LogP contribution in [0.3, 0.4) is 0 Å². The first-order valence-corrected chi connectivity index (χ1v) is 7.46. The lowest BCUT2D eigenvalue weighted by Crippen LogP contribution is -2.27. The van der Waals surface area contributed by atoms with Crippen molar-refractivity contribution < 1.29 is 9.90 Å². The van der Waals surface area contributed by atoms with E-state index in [1.165, 1.54) is 19.4 Å². The number of likely N-dealkylation sites (tertiary alicyclic amines) is 1. The topological polar surface area (TPSA) is 52.6 Å². The number of nitrogens with one attached hydrogen (secondary N) is 1. The van der Waals surface area contributed by atoms with Gasteiger partial charge in [0.25, 0.3) is 0 Å². The Hall–Kier alpha value is -1.07. The van der Waals surface area contributed by atoms with Gasteiger partial charge in [0.1, 0.15) is 0 Å². The first kappa shape index (κ1) is 12.9. The van der Waals surface area contributed by atoms with Crippen molar-refractivity contribution in [1.82, 2.24) is 4.90 Å². The van der Waals surface area contributed by atoms with Crippen LogP contribution in [0, 0.1) is 0 Å². The normalized spacial score (nSPS) is 23.5. The molecule has 1 unspecified atom stereocenters. The summed E-state index contributed by atoms with van der Waals surface area (Å²) in [4.78, 5) is 13.5. The largest absolute Gasteiger partial charge is 0.478 e. The maximum atomic E-state index is 10.9. The van der Waals surface area contributed by atoms with E-state index in [1.54, 1.807) is 6.07 Å². The number of nitrogens with zero attached hydrogens (tertiary/aromatic N) is 1. The van der Waals surface area contributed by atoms with Crippen molar-refractivity contribution in [2.75, 3.05) is 18.4 Å². The highest BCUT2D eigenvalue weighted by Crippen LogP contribution is 2.31. The number of carboxylic acid groups (broad SMARTS) is 1. The van der Waals surface area contributed by atoms with Crippen molar-refractivity contribution in [1.29, 1.82) is 0 Å². The molecule has 0 spiro atoms. The van der Waals surface area contributed by atoms with E-state index in [-0.39, 0.29) is 0 Å². The Kier molecular flexibility index (Phi) is 3.50. The predicted molar refractivity (Wildman–Crippen MR) is 77.7 cm³/mol. The van der Waals surface area contributed by atoms with Crippen molar-refractivity contribution in [3.63, 3.8) is 0 Å². The maximum Gasteiger partial charge on any atom is 0.336 e. The number of carbonyl (C=O) groups is 1. The van der Waals surface area contributed by atoms with E-state index in [0.29, 0.717) is 16.1 Å². The second-order valence-corrected chi connectivity index (χ2v) is 6.21. The monoisotopic (exact) mass is 324 g/mol. The van der Waals surface area contributed by atoms with E-state index in [9.17, 15) is 4.79 Å². The lowest BCUT2D eigenvalue weighted by Gasteiger charge is -2.17. The van der Waals surface area contributed by atoms with Gasteiger partial charge in [0.2, 0.25) is 0 Å². The molecule has 1 aromatic carbocycles. The number of carboxylic acids is 1. The van der Waals surface area contributed by atoms with Crippen molar-refractivity contribution in [2.24, 2.45) is 0 Å². The SMILES string of the molecule is O=C(O)c1ccc(NC2CCN(C3CC3)C2)cc1Br. The molecule has 1 saturated carbocycles. The van der Waals surface area contributed by atoms with E-state index in [1.807, 2.05) is 12.1 Å². The molecule has 5 heteroatoms. The van der Waals surface area contributed by atoms with Gasteiger partial charge in [-0.2, -0.15) is 0 Å². The van der Waals surface area contributed by atoms with Gasteiger partial charge in [-0.3, -0.25) is 4.90 Å². The summed E-state index contributed by atoms with van der Waals surface area (Å²) in [6.07, 6.45) is 3.87. The molecule has 0 amide bonds. The number of aromatic carboxylic acids is 1. The molecule has 1 aliphatic carbocycles. The van der Waals surface area contributed by atoms with Gasteiger partial charge in [0.05, 0.1) is 5.56 Å². The Morgan fingerprint density at radius 2 is 2.16 bits per heavy atom. The summed E-state index contributed by atoms with van der Waals surface area (Å²) in [6.45, 7) is 2.28. The summed E-state index contributed by atoms with van der Waals surface area (Å²) in [7, 11) is 0. The number of halogens is 1.